The Bertz CT molecular complexity index is 1410. The lowest BCUT2D eigenvalue weighted by Gasteiger charge is -2.10. The van der Waals surface area contributed by atoms with Crippen LogP contribution in [0.2, 0.25) is 0 Å². The molecule has 3 nitrogen and oxygen atoms in total. The number of nitriles is 1. The van der Waals surface area contributed by atoms with Gasteiger partial charge in [0.05, 0.1) is 30.0 Å². The van der Waals surface area contributed by atoms with Crippen LogP contribution >= 0.6 is 0 Å². The summed E-state index contributed by atoms with van der Waals surface area (Å²) in [5, 5.41) is 9.57. The molecule has 148 valence electrons. The van der Waals surface area contributed by atoms with Crippen LogP contribution in [0.4, 0.5) is 0 Å². The van der Waals surface area contributed by atoms with Crippen LogP contribution in [0, 0.1) is 11.3 Å². The van der Waals surface area contributed by atoms with Gasteiger partial charge in [0.1, 0.15) is 5.75 Å². The Hall–Kier alpha value is -4.29. The Balaban J connectivity index is 1.97. The lowest BCUT2D eigenvalue weighted by molar-refractivity contribution is 0.415. The van der Waals surface area contributed by atoms with Crippen molar-refractivity contribution >= 4 is 5.52 Å². The molecule has 5 aromatic rings. The summed E-state index contributed by atoms with van der Waals surface area (Å²) in [5.41, 5.74) is 8.24. The minimum Gasteiger partial charge on any atom is -0.497 e. The predicted molar refractivity (Wildman–Crippen MR) is 125 cm³/mol. The Morgan fingerprint density at radius 2 is 1.39 bits per heavy atom. The number of rotatable bonds is 4. The maximum atomic E-state index is 9.57. The van der Waals surface area contributed by atoms with Gasteiger partial charge in [0.15, 0.2) is 0 Å². The average molecular weight is 400 g/mol. The molecule has 0 saturated carbocycles. The zero-order valence-electron chi connectivity index (χ0n) is 17.1. The molecule has 0 atom stereocenters. The van der Waals surface area contributed by atoms with Crippen LogP contribution in [0.25, 0.3) is 39.0 Å². The summed E-state index contributed by atoms with van der Waals surface area (Å²) in [4.78, 5) is 0. The van der Waals surface area contributed by atoms with Gasteiger partial charge >= 0.3 is 0 Å². The number of ether oxygens (including phenoxy) is 1. The smallest absolute Gasteiger partial charge is 0.119 e. The molecule has 0 aliphatic rings. The second kappa shape index (κ2) is 7.85. The van der Waals surface area contributed by atoms with E-state index in [2.05, 4.69) is 71.1 Å². The van der Waals surface area contributed by atoms with E-state index >= 15 is 0 Å². The molecule has 2 heterocycles. The van der Waals surface area contributed by atoms with Crippen molar-refractivity contribution in [3.05, 3.63) is 109 Å². The lowest BCUT2D eigenvalue weighted by Crippen LogP contribution is -1.90. The second-order valence-electron chi connectivity index (χ2n) is 7.35. The van der Waals surface area contributed by atoms with Crippen LogP contribution in [0.15, 0.2) is 103 Å². The molecule has 0 radical (unpaired) electrons. The third-order valence-corrected chi connectivity index (χ3v) is 5.54. The van der Waals surface area contributed by atoms with Crippen molar-refractivity contribution in [3.63, 3.8) is 0 Å². The molecule has 2 aromatic heterocycles. The van der Waals surface area contributed by atoms with Crippen molar-refractivity contribution in [1.29, 1.82) is 5.26 Å². The number of hydrogen-bond donors (Lipinski definition) is 0. The van der Waals surface area contributed by atoms with Gasteiger partial charge in [-0.1, -0.05) is 72.8 Å². The van der Waals surface area contributed by atoms with Crippen molar-refractivity contribution in [1.82, 2.24) is 4.40 Å². The first-order valence-electron chi connectivity index (χ1n) is 10.1. The summed E-state index contributed by atoms with van der Waals surface area (Å²) in [6.45, 7) is 0. The fourth-order valence-electron chi connectivity index (χ4n) is 4.16. The maximum Gasteiger partial charge on any atom is 0.119 e. The number of pyridine rings is 1. The molecule has 3 heteroatoms. The summed E-state index contributed by atoms with van der Waals surface area (Å²) in [7, 11) is 1.68. The number of methoxy groups -OCH3 is 1. The van der Waals surface area contributed by atoms with Crippen molar-refractivity contribution in [2.45, 2.75) is 0 Å². The molecule has 0 aliphatic carbocycles. The molecule has 3 aromatic carbocycles. The van der Waals surface area contributed by atoms with E-state index in [1.807, 2.05) is 42.6 Å². The van der Waals surface area contributed by atoms with Crippen LogP contribution in [-0.4, -0.2) is 11.5 Å². The molecular formula is C28H20N2O. The van der Waals surface area contributed by atoms with Gasteiger partial charge in [-0.3, -0.25) is 0 Å². The summed E-state index contributed by atoms with van der Waals surface area (Å²) < 4.78 is 7.70. The average Bonchev–Trinajstić information content (AvgIpc) is 3.19. The van der Waals surface area contributed by atoms with Crippen molar-refractivity contribution < 1.29 is 4.74 Å². The molecule has 0 N–H and O–H groups in total. The van der Waals surface area contributed by atoms with Gasteiger partial charge in [-0.2, -0.15) is 5.26 Å². The van der Waals surface area contributed by atoms with E-state index in [4.69, 9.17) is 4.74 Å². The van der Waals surface area contributed by atoms with E-state index in [1.165, 1.54) is 0 Å². The van der Waals surface area contributed by atoms with E-state index in [1.54, 1.807) is 7.11 Å². The topological polar surface area (TPSA) is 37.4 Å². The Kier molecular flexibility index (Phi) is 4.74. The van der Waals surface area contributed by atoms with Crippen molar-refractivity contribution in [2.24, 2.45) is 0 Å². The first kappa shape index (κ1) is 18.7. The summed E-state index contributed by atoms with van der Waals surface area (Å²) in [6, 6.07) is 35.0. The fraction of sp³-hybridized carbons (Fsp3) is 0.0357. The van der Waals surface area contributed by atoms with Crippen LogP contribution in [0.5, 0.6) is 5.75 Å². The lowest BCUT2D eigenvalue weighted by atomic mass is 9.93. The Labute approximate surface area is 181 Å². The molecule has 0 fully saturated rings. The summed E-state index contributed by atoms with van der Waals surface area (Å²) in [5.74, 6) is 0.800. The highest BCUT2D eigenvalue weighted by molar-refractivity contribution is 6.03. The Morgan fingerprint density at radius 1 is 0.710 bits per heavy atom. The highest BCUT2D eigenvalue weighted by atomic mass is 16.5. The number of hydrogen-bond acceptors (Lipinski definition) is 2. The van der Waals surface area contributed by atoms with Crippen molar-refractivity contribution in [2.75, 3.05) is 7.11 Å². The first-order valence-corrected chi connectivity index (χ1v) is 10.1. The first-order chi connectivity index (χ1) is 15.3. The van der Waals surface area contributed by atoms with Gasteiger partial charge < -0.3 is 9.14 Å². The summed E-state index contributed by atoms with van der Waals surface area (Å²) >= 11 is 0. The zero-order chi connectivity index (χ0) is 21.2. The quantitative estimate of drug-likeness (QED) is 0.332. The van der Waals surface area contributed by atoms with Crippen molar-refractivity contribution in [3.8, 4) is 45.3 Å². The molecular weight excluding hydrogens is 380 g/mol. The van der Waals surface area contributed by atoms with E-state index in [-0.39, 0.29) is 0 Å². The maximum absolute atomic E-state index is 9.57. The van der Waals surface area contributed by atoms with E-state index < -0.39 is 0 Å². The van der Waals surface area contributed by atoms with Crippen LogP contribution in [0.3, 0.4) is 0 Å². The molecule has 0 amide bonds. The van der Waals surface area contributed by atoms with Crippen LogP contribution < -0.4 is 4.74 Å². The van der Waals surface area contributed by atoms with E-state index in [0.717, 1.165) is 44.8 Å². The number of benzene rings is 3. The predicted octanol–water partition coefficient (Wildman–Crippen LogP) is 6.82. The van der Waals surface area contributed by atoms with E-state index in [0.29, 0.717) is 5.56 Å². The number of fused-ring (bicyclic) bond motifs is 1. The third kappa shape index (κ3) is 3.25. The number of nitrogens with zero attached hydrogens (tertiary/aromatic N) is 2. The van der Waals surface area contributed by atoms with Gasteiger partial charge in [-0.25, -0.2) is 0 Å². The molecule has 0 unspecified atom stereocenters. The van der Waals surface area contributed by atoms with Crippen LogP contribution in [0.1, 0.15) is 5.56 Å². The molecule has 0 aliphatic heterocycles. The highest BCUT2D eigenvalue weighted by Crippen LogP contribution is 2.45. The largest absolute Gasteiger partial charge is 0.497 e. The monoisotopic (exact) mass is 400 g/mol. The SMILES string of the molecule is COc1cccc(-c2c(-c3ccccc3)c(-c3ccccc3)n3ccc(C#N)cc23)c1. The van der Waals surface area contributed by atoms with Gasteiger partial charge in [-0.05, 0) is 41.0 Å². The molecule has 5 rings (SSSR count). The fourth-order valence-corrected chi connectivity index (χ4v) is 4.16. The standard InChI is InChI=1S/C28H20N2O/c1-31-24-14-8-13-23(18-24)26-25-17-20(19-29)15-16-30(25)28(22-11-6-3-7-12-22)27(26)21-9-4-2-5-10-21/h2-18H,1H3. The minimum atomic E-state index is 0.633. The normalized spacial score (nSPS) is 10.7. The number of aromatic nitrogens is 1. The molecule has 31 heavy (non-hydrogen) atoms. The van der Waals surface area contributed by atoms with E-state index in [9.17, 15) is 5.26 Å². The third-order valence-electron chi connectivity index (χ3n) is 5.54. The van der Waals surface area contributed by atoms with Gasteiger partial charge in [0.25, 0.3) is 0 Å². The second-order valence-corrected chi connectivity index (χ2v) is 7.35. The van der Waals surface area contributed by atoms with Gasteiger partial charge in [0.2, 0.25) is 0 Å². The highest BCUT2D eigenvalue weighted by Gasteiger charge is 2.22. The van der Waals surface area contributed by atoms with Gasteiger partial charge in [0, 0.05) is 17.3 Å². The van der Waals surface area contributed by atoms with Gasteiger partial charge in [-0.15, -0.1) is 0 Å². The molecule has 0 bridgehead atoms. The zero-order valence-corrected chi connectivity index (χ0v) is 17.1. The summed E-state index contributed by atoms with van der Waals surface area (Å²) in [6.07, 6.45) is 1.99. The molecule has 0 saturated heterocycles. The molecule has 0 spiro atoms. The van der Waals surface area contributed by atoms with Crippen LogP contribution in [-0.2, 0) is 0 Å². The minimum absolute atomic E-state index is 0.633. The Morgan fingerprint density at radius 3 is 2.06 bits per heavy atom.